The second-order valence-corrected chi connectivity index (χ2v) is 5.46. The van der Waals surface area contributed by atoms with E-state index in [0.717, 1.165) is 19.6 Å². The lowest BCUT2D eigenvalue weighted by Crippen LogP contribution is -2.44. The fourth-order valence-electron chi connectivity index (χ4n) is 2.43. The third-order valence-electron chi connectivity index (χ3n) is 3.82. The fraction of sp³-hybridized carbons (Fsp3) is 0.529. The lowest BCUT2D eigenvalue weighted by atomic mass is 10.3. The molecule has 0 aromatic heterocycles. The summed E-state index contributed by atoms with van der Waals surface area (Å²) in [4.78, 5) is 16.1. The molecular formula is C17H22FN3O3. The van der Waals surface area contributed by atoms with Crippen molar-refractivity contribution < 1.29 is 18.7 Å². The molecule has 0 spiro atoms. The molecule has 0 N–H and O–H groups in total. The molecule has 130 valence electrons. The molecule has 1 amide bonds. The van der Waals surface area contributed by atoms with E-state index in [0.29, 0.717) is 26.3 Å². The average molecular weight is 335 g/mol. The predicted octanol–water partition coefficient (Wildman–Crippen LogP) is 1.28. The number of carbonyl (C=O) groups excluding carboxylic acids is 1. The van der Waals surface area contributed by atoms with E-state index in [-0.39, 0.29) is 24.7 Å². The highest BCUT2D eigenvalue weighted by molar-refractivity contribution is 5.77. The molecule has 0 aliphatic carbocycles. The van der Waals surface area contributed by atoms with Gasteiger partial charge in [0.1, 0.15) is 0 Å². The van der Waals surface area contributed by atoms with Crippen molar-refractivity contribution >= 4 is 5.91 Å². The number of rotatable bonds is 8. The number of hydrogen-bond donors (Lipinski definition) is 0. The number of amides is 1. The first-order chi connectivity index (χ1) is 11.7. The van der Waals surface area contributed by atoms with Crippen LogP contribution in [0.4, 0.5) is 4.39 Å². The molecule has 1 fully saturated rings. The largest absolute Gasteiger partial charge is 0.481 e. The highest BCUT2D eigenvalue weighted by Gasteiger charge is 2.17. The predicted molar refractivity (Wildman–Crippen MR) is 86.0 cm³/mol. The number of morpholine rings is 1. The van der Waals surface area contributed by atoms with Crippen LogP contribution < -0.4 is 4.74 Å². The Bertz CT molecular complexity index is 570. The Morgan fingerprint density at radius 2 is 2.08 bits per heavy atom. The van der Waals surface area contributed by atoms with E-state index in [4.69, 9.17) is 14.7 Å². The van der Waals surface area contributed by atoms with Gasteiger partial charge < -0.3 is 14.4 Å². The van der Waals surface area contributed by atoms with E-state index >= 15 is 0 Å². The van der Waals surface area contributed by atoms with Crippen molar-refractivity contribution in [2.24, 2.45) is 0 Å². The minimum Gasteiger partial charge on any atom is -0.481 e. The average Bonchev–Trinajstić information content (AvgIpc) is 2.62. The Kier molecular flexibility index (Phi) is 7.46. The number of nitriles is 1. The quantitative estimate of drug-likeness (QED) is 0.716. The number of hydrogen-bond acceptors (Lipinski definition) is 5. The van der Waals surface area contributed by atoms with Crippen molar-refractivity contribution in [3.8, 4) is 11.8 Å². The van der Waals surface area contributed by atoms with Crippen LogP contribution in [0.2, 0.25) is 0 Å². The zero-order valence-electron chi connectivity index (χ0n) is 13.6. The first kappa shape index (κ1) is 18.2. The van der Waals surface area contributed by atoms with Gasteiger partial charge in [-0.05, 0) is 12.1 Å². The first-order valence-electron chi connectivity index (χ1n) is 8.03. The van der Waals surface area contributed by atoms with Crippen molar-refractivity contribution in [3.63, 3.8) is 0 Å². The molecule has 6 nitrogen and oxygen atoms in total. The molecule has 0 radical (unpaired) electrons. The van der Waals surface area contributed by atoms with Gasteiger partial charge >= 0.3 is 0 Å². The van der Waals surface area contributed by atoms with Crippen LogP contribution in [0.25, 0.3) is 0 Å². The van der Waals surface area contributed by atoms with Crippen LogP contribution in [-0.4, -0.2) is 68.3 Å². The summed E-state index contributed by atoms with van der Waals surface area (Å²) >= 11 is 0. The van der Waals surface area contributed by atoms with E-state index in [9.17, 15) is 9.18 Å². The lowest BCUT2D eigenvalue weighted by molar-refractivity contribution is -0.133. The van der Waals surface area contributed by atoms with Gasteiger partial charge in [0, 0.05) is 32.7 Å². The van der Waals surface area contributed by atoms with Gasteiger partial charge in [-0.3, -0.25) is 9.69 Å². The van der Waals surface area contributed by atoms with E-state index in [1.54, 1.807) is 17.0 Å². The number of benzene rings is 1. The normalized spacial score (nSPS) is 14.8. The Morgan fingerprint density at radius 3 is 2.79 bits per heavy atom. The number of carbonyl (C=O) groups is 1. The van der Waals surface area contributed by atoms with Gasteiger partial charge in [0.05, 0.1) is 25.7 Å². The molecule has 1 aromatic rings. The Balaban J connectivity index is 1.84. The molecule has 0 bridgehead atoms. The Morgan fingerprint density at radius 1 is 1.33 bits per heavy atom. The van der Waals surface area contributed by atoms with Crippen LogP contribution in [0.5, 0.6) is 5.75 Å². The van der Waals surface area contributed by atoms with Crippen molar-refractivity contribution in [2.75, 3.05) is 52.5 Å². The molecule has 7 heteroatoms. The summed E-state index contributed by atoms with van der Waals surface area (Å²) in [5.74, 6) is -0.691. The fourth-order valence-corrected chi connectivity index (χ4v) is 2.43. The molecule has 2 rings (SSSR count). The van der Waals surface area contributed by atoms with Crippen molar-refractivity contribution in [3.05, 3.63) is 30.1 Å². The molecule has 1 heterocycles. The van der Waals surface area contributed by atoms with Gasteiger partial charge in [0.25, 0.3) is 5.91 Å². The van der Waals surface area contributed by atoms with Crippen LogP contribution >= 0.6 is 0 Å². The third kappa shape index (κ3) is 5.80. The van der Waals surface area contributed by atoms with Crippen LogP contribution in [0, 0.1) is 17.1 Å². The van der Waals surface area contributed by atoms with Gasteiger partial charge in [-0.2, -0.15) is 5.26 Å². The second kappa shape index (κ2) is 9.85. The van der Waals surface area contributed by atoms with E-state index < -0.39 is 5.82 Å². The molecule has 1 saturated heterocycles. The molecule has 1 aliphatic heterocycles. The van der Waals surface area contributed by atoms with Gasteiger partial charge in [0.2, 0.25) is 0 Å². The van der Waals surface area contributed by atoms with Crippen LogP contribution in [-0.2, 0) is 9.53 Å². The van der Waals surface area contributed by atoms with Gasteiger partial charge in [-0.1, -0.05) is 12.1 Å². The summed E-state index contributed by atoms with van der Waals surface area (Å²) in [7, 11) is 0. The maximum Gasteiger partial charge on any atom is 0.260 e. The summed E-state index contributed by atoms with van der Waals surface area (Å²) in [6, 6.07) is 8.02. The minimum atomic E-state index is -0.498. The minimum absolute atomic E-state index is 0.0549. The van der Waals surface area contributed by atoms with Crippen molar-refractivity contribution in [2.45, 2.75) is 6.42 Å². The monoisotopic (exact) mass is 335 g/mol. The number of para-hydroxylation sites is 1. The van der Waals surface area contributed by atoms with Crippen LogP contribution in [0.3, 0.4) is 0 Å². The molecule has 1 aliphatic rings. The summed E-state index contributed by atoms with van der Waals surface area (Å²) in [6.45, 7) is 4.42. The number of ether oxygens (including phenoxy) is 2. The highest BCUT2D eigenvalue weighted by Crippen LogP contribution is 2.15. The zero-order chi connectivity index (χ0) is 17.2. The Labute approximate surface area is 141 Å². The summed E-state index contributed by atoms with van der Waals surface area (Å²) in [5, 5.41) is 8.76. The van der Waals surface area contributed by atoms with Gasteiger partial charge in [-0.15, -0.1) is 0 Å². The smallest absolute Gasteiger partial charge is 0.260 e. The summed E-state index contributed by atoms with van der Waals surface area (Å²) < 4.78 is 24.1. The molecule has 0 saturated carbocycles. The topological polar surface area (TPSA) is 65.8 Å². The second-order valence-electron chi connectivity index (χ2n) is 5.46. The van der Waals surface area contributed by atoms with Crippen LogP contribution in [0.15, 0.2) is 24.3 Å². The summed E-state index contributed by atoms with van der Waals surface area (Å²) in [5.41, 5.74) is 0. The van der Waals surface area contributed by atoms with Crippen LogP contribution in [0.1, 0.15) is 6.42 Å². The molecule has 24 heavy (non-hydrogen) atoms. The molecule has 0 atom stereocenters. The number of nitrogens with zero attached hydrogens (tertiary/aromatic N) is 3. The van der Waals surface area contributed by atoms with Crippen molar-refractivity contribution in [1.82, 2.24) is 9.80 Å². The molecular weight excluding hydrogens is 313 g/mol. The van der Waals surface area contributed by atoms with Crippen molar-refractivity contribution in [1.29, 1.82) is 5.26 Å². The van der Waals surface area contributed by atoms with E-state index in [1.807, 2.05) is 6.07 Å². The van der Waals surface area contributed by atoms with Gasteiger partial charge in [0.15, 0.2) is 18.2 Å². The number of halogens is 1. The SMILES string of the molecule is N#CCCN(CCN1CCOCC1)C(=O)COc1ccccc1F. The van der Waals surface area contributed by atoms with E-state index in [1.165, 1.54) is 12.1 Å². The first-order valence-corrected chi connectivity index (χ1v) is 8.03. The van der Waals surface area contributed by atoms with E-state index in [2.05, 4.69) is 4.90 Å². The standard InChI is InChI=1S/C17H22FN3O3/c18-15-4-1-2-5-16(15)24-14-17(22)21(7-3-6-19)9-8-20-10-12-23-13-11-20/h1-2,4-5H,3,7-14H2. The highest BCUT2D eigenvalue weighted by atomic mass is 19.1. The van der Waals surface area contributed by atoms with Gasteiger partial charge in [-0.25, -0.2) is 4.39 Å². The lowest BCUT2D eigenvalue weighted by Gasteiger charge is -2.29. The third-order valence-corrected chi connectivity index (χ3v) is 3.82. The molecule has 1 aromatic carbocycles. The maximum absolute atomic E-state index is 13.5. The maximum atomic E-state index is 13.5. The summed E-state index contributed by atoms with van der Waals surface area (Å²) in [6.07, 6.45) is 0.258. The Hall–Kier alpha value is -2.17. The molecule has 0 unspecified atom stereocenters. The zero-order valence-corrected chi connectivity index (χ0v) is 13.6.